The Labute approximate surface area is 50.6 Å². The Morgan fingerprint density at radius 3 is 1.67 bits per heavy atom. The molecular weight excluding hydrogens is 157 g/mol. The molecule has 0 rings (SSSR count). The first-order valence-corrected chi connectivity index (χ1v) is 3.75. The fourth-order valence-corrected chi connectivity index (χ4v) is 0.491. The Hall–Kier alpha value is -0.260. The zero-order chi connectivity index (χ0) is 7.71. The number of hydrogen-bond donors (Lipinski definition) is 0. The predicted molar refractivity (Wildman–Crippen MR) is 25.5 cm³/mol. The van der Waals surface area contributed by atoms with Crippen molar-refractivity contribution in [3.05, 3.63) is 0 Å². The standard InChI is InChI=1S/C3H5F3O2S/c1-2-9(7,8)3(4,5)6/h2H2,1H3. The van der Waals surface area contributed by atoms with E-state index >= 15 is 0 Å². The molecule has 0 N–H and O–H groups in total. The van der Waals surface area contributed by atoms with Crippen molar-refractivity contribution >= 4 is 9.84 Å². The molecule has 0 unspecified atom stereocenters. The third kappa shape index (κ3) is 1.85. The van der Waals surface area contributed by atoms with Gasteiger partial charge in [0.1, 0.15) is 0 Å². The maximum atomic E-state index is 11.2. The first-order chi connectivity index (χ1) is 3.81. The van der Waals surface area contributed by atoms with Crippen molar-refractivity contribution in [1.29, 1.82) is 0 Å². The van der Waals surface area contributed by atoms with Gasteiger partial charge in [0.2, 0.25) is 9.84 Å². The van der Waals surface area contributed by atoms with Gasteiger partial charge in [0.25, 0.3) is 0 Å². The maximum absolute atomic E-state index is 11.2. The van der Waals surface area contributed by atoms with Gasteiger partial charge < -0.3 is 0 Å². The fraction of sp³-hybridized carbons (Fsp3) is 1.00. The molecule has 0 aromatic carbocycles. The number of rotatable bonds is 1. The minimum atomic E-state index is -5.08. The highest BCUT2D eigenvalue weighted by Gasteiger charge is 2.43. The van der Waals surface area contributed by atoms with Gasteiger partial charge >= 0.3 is 5.51 Å². The molecule has 0 aliphatic rings. The molecule has 0 aliphatic carbocycles. The molecule has 2 nitrogen and oxygen atoms in total. The molecule has 0 saturated heterocycles. The van der Waals surface area contributed by atoms with E-state index in [9.17, 15) is 21.6 Å². The van der Waals surface area contributed by atoms with Crippen LogP contribution in [0.15, 0.2) is 0 Å². The molecule has 6 heteroatoms. The number of hydrogen-bond acceptors (Lipinski definition) is 2. The monoisotopic (exact) mass is 162 g/mol. The van der Waals surface area contributed by atoms with Crippen LogP contribution in [0.4, 0.5) is 13.2 Å². The summed E-state index contributed by atoms with van der Waals surface area (Å²) in [7, 11) is -4.84. The minimum Gasteiger partial charge on any atom is -0.220 e. The van der Waals surface area contributed by atoms with Crippen LogP contribution in [0.1, 0.15) is 6.92 Å². The molecule has 9 heavy (non-hydrogen) atoms. The summed E-state index contributed by atoms with van der Waals surface area (Å²) in [5.74, 6) is -0.892. The summed E-state index contributed by atoms with van der Waals surface area (Å²) < 4.78 is 53.5. The molecule has 0 radical (unpaired) electrons. The van der Waals surface area contributed by atoms with Crippen molar-refractivity contribution in [1.82, 2.24) is 0 Å². The molecule has 0 heterocycles. The van der Waals surface area contributed by atoms with Gasteiger partial charge in [-0.25, -0.2) is 8.42 Å². The first-order valence-electron chi connectivity index (χ1n) is 2.10. The lowest BCUT2D eigenvalue weighted by atomic mass is 11.0. The Morgan fingerprint density at radius 1 is 1.33 bits per heavy atom. The van der Waals surface area contributed by atoms with Gasteiger partial charge in [-0.1, -0.05) is 6.92 Å². The van der Waals surface area contributed by atoms with Crippen LogP contribution in [-0.2, 0) is 9.84 Å². The average Bonchev–Trinajstić information content (AvgIpc) is 1.64. The van der Waals surface area contributed by atoms with Crippen LogP contribution in [0, 0.1) is 0 Å². The molecule has 0 fully saturated rings. The minimum absolute atomic E-state index is 0.892. The van der Waals surface area contributed by atoms with Gasteiger partial charge in [-0.15, -0.1) is 0 Å². The van der Waals surface area contributed by atoms with Gasteiger partial charge in [-0.2, -0.15) is 13.2 Å². The Morgan fingerprint density at radius 2 is 1.67 bits per heavy atom. The van der Waals surface area contributed by atoms with Crippen molar-refractivity contribution in [2.24, 2.45) is 0 Å². The molecule has 0 aliphatic heterocycles. The average molecular weight is 162 g/mol. The normalized spacial score (nSPS) is 13.8. The van der Waals surface area contributed by atoms with Crippen LogP contribution in [-0.4, -0.2) is 19.7 Å². The molecule has 56 valence electrons. The van der Waals surface area contributed by atoms with Crippen LogP contribution in [0.2, 0.25) is 0 Å². The highest BCUT2D eigenvalue weighted by molar-refractivity contribution is 7.92. The first kappa shape index (κ1) is 8.74. The van der Waals surface area contributed by atoms with E-state index < -0.39 is 21.1 Å². The van der Waals surface area contributed by atoms with E-state index in [1.807, 2.05) is 0 Å². The number of sulfone groups is 1. The lowest BCUT2D eigenvalue weighted by molar-refractivity contribution is -0.0434. The summed E-state index contributed by atoms with van der Waals surface area (Å²) in [6, 6.07) is 0. The molecule has 0 amide bonds. The van der Waals surface area contributed by atoms with Gasteiger partial charge in [-0.3, -0.25) is 0 Å². The van der Waals surface area contributed by atoms with Crippen LogP contribution in [0.25, 0.3) is 0 Å². The Kier molecular flexibility index (Phi) is 2.10. The van der Waals surface area contributed by atoms with Gasteiger partial charge in [0, 0.05) is 0 Å². The second-order valence-electron chi connectivity index (χ2n) is 1.35. The van der Waals surface area contributed by atoms with Crippen molar-refractivity contribution in [3.63, 3.8) is 0 Å². The summed E-state index contributed by atoms with van der Waals surface area (Å²) in [6.07, 6.45) is 0. The number of halogens is 3. The second-order valence-corrected chi connectivity index (χ2v) is 3.62. The summed E-state index contributed by atoms with van der Waals surface area (Å²) in [6.45, 7) is 0.947. The molecule has 0 atom stereocenters. The quantitative estimate of drug-likeness (QED) is 0.575. The molecule has 0 bridgehead atoms. The van der Waals surface area contributed by atoms with E-state index in [1.165, 1.54) is 0 Å². The van der Waals surface area contributed by atoms with E-state index in [2.05, 4.69) is 0 Å². The summed E-state index contributed by atoms with van der Waals surface area (Å²) >= 11 is 0. The van der Waals surface area contributed by atoms with Crippen LogP contribution in [0.5, 0.6) is 0 Å². The lowest BCUT2D eigenvalue weighted by Crippen LogP contribution is -2.24. The topological polar surface area (TPSA) is 34.1 Å². The van der Waals surface area contributed by atoms with Crippen LogP contribution < -0.4 is 0 Å². The largest absolute Gasteiger partial charge is 0.497 e. The maximum Gasteiger partial charge on any atom is 0.497 e. The fourth-order valence-electron chi connectivity index (χ4n) is 0.164. The van der Waals surface area contributed by atoms with Crippen molar-refractivity contribution in [2.75, 3.05) is 5.75 Å². The van der Waals surface area contributed by atoms with Gasteiger partial charge in [0.15, 0.2) is 0 Å². The molecule has 0 spiro atoms. The van der Waals surface area contributed by atoms with E-state index in [4.69, 9.17) is 0 Å². The van der Waals surface area contributed by atoms with Crippen LogP contribution >= 0.6 is 0 Å². The number of alkyl halides is 3. The zero-order valence-corrected chi connectivity index (χ0v) is 5.38. The summed E-state index contributed by atoms with van der Waals surface area (Å²) in [5, 5.41) is 0. The van der Waals surface area contributed by atoms with Crippen molar-refractivity contribution < 1.29 is 21.6 Å². The van der Waals surface area contributed by atoms with Crippen LogP contribution in [0.3, 0.4) is 0 Å². The molecule has 0 aromatic rings. The smallest absolute Gasteiger partial charge is 0.220 e. The van der Waals surface area contributed by atoms with E-state index in [0.29, 0.717) is 0 Å². The highest BCUT2D eigenvalue weighted by Crippen LogP contribution is 2.22. The van der Waals surface area contributed by atoms with Crippen molar-refractivity contribution in [3.8, 4) is 0 Å². The molecule has 0 saturated carbocycles. The highest BCUT2D eigenvalue weighted by atomic mass is 32.2. The Bertz CT molecular complexity index is 178. The lowest BCUT2D eigenvalue weighted by Gasteiger charge is -2.03. The summed E-state index contributed by atoms with van der Waals surface area (Å²) in [5.41, 5.74) is -5.08. The second kappa shape index (κ2) is 2.17. The molecule has 0 aromatic heterocycles. The van der Waals surface area contributed by atoms with Crippen molar-refractivity contribution in [2.45, 2.75) is 12.4 Å². The zero-order valence-electron chi connectivity index (χ0n) is 4.57. The van der Waals surface area contributed by atoms with Gasteiger partial charge in [-0.05, 0) is 0 Å². The third-order valence-corrected chi connectivity index (χ3v) is 2.20. The van der Waals surface area contributed by atoms with E-state index in [0.717, 1.165) is 6.92 Å². The third-order valence-electron chi connectivity index (χ3n) is 0.733. The van der Waals surface area contributed by atoms with E-state index in [-0.39, 0.29) is 0 Å². The SMILES string of the molecule is CCS(=O)(=O)C(F)(F)F. The van der Waals surface area contributed by atoms with Gasteiger partial charge in [0.05, 0.1) is 5.75 Å². The molecular formula is C3H5F3O2S. The summed E-state index contributed by atoms with van der Waals surface area (Å²) in [4.78, 5) is 0. The predicted octanol–water partition coefficient (Wildman–Crippen LogP) is 0.941. The Balaban J connectivity index is 4.57. The van der Waals surface area contributed by atoms with E-state index in [1.54, 1.807) is 0 Å².